The van der Waals surface area contributed by atoms with Crippen LogP contribution in [-0.2, 0) is 9.59 Å². The highest BCUT2D eigenvalue weighted by molar-refractivity contribution is 6.46. The average molecular weight is 426 g/mol. The van der Waals surface area contributed by atoms with Crippen LogP contribution in [0.15, 0.2) is 66.4 Å². The third-order valence-electron chi connectivity index (χ3n) is 5.67. The number of imide groups is 1. The summed E-state index contributed by atoms with van der Waals surface area (Å²) in [6, 6.07) is 18.5. The minimum atomic E-state index is -0.397. The smallest absolute Gasteiger partial charge is 0.282 e. The van der Waals surface area contributed by atoms with Crippen LogP contribution in [0, 0.1) is 20.8 Å². The minimum Gasteiger partial charge on any atom is -0.454 e. The number of hydrogen-bond donors (Lipinski definition) is 1. The summed E-state index contributed by atoms with van der Waals surface area (Å²) in [6.07, 6.45) is 0. The van der Waals surface area contributed by atoms with Gasteiger partial charge in [-0.15, -0.1) is 0 Å². The standard InChI is InChI=1S/C26H22N2O4/c1-15-4-8-19(9-5-15)28-25(29)23(20-10-6-16(2)12-17(20)3)24(26(28)30)27-18-7-11-21-22(13-18)32-14-31-21/h4-13,27H,14H2,1-3H3. The molecule has 2 aliphatic heterocycles. The van der Waals surface area contributed by atoms with E-state index in [1.807, 2.05) is 51.1 Å². The van der Waals surface area contributed by atoms with Crippen LogP contribution in [0.2, 0.25) is 0 Å². The lowest BCUT2D eigenvalue weighted by atomic mass is 9.97. The number of anilines is 2. The van der Waals surface area contributed by atoms with Crippen molar-refractivity contribution in [2.75, 3.05) is 17.0 Å². The van der Waals surface area contributed by atoms with Gasteiger partial charge >= 0.3 is 0 Å². The molecule has 0 spiro atoms. The topological polar surface area (TPSA) is 67.9 Å². The largest absolute Gasteiger partial charge is 0.454 e. The zero-order chi connectivity index (χ0) is 22.4. The fourth-order valence-electron chi connectivity index (χ4n) is 4.04. The van der Waals surface area contributed by atoms with Gasteiger partial charge in [0.05, 0.1) is 11.3 Å². The second-order valence-electron chi connectivity index (χ2n) is 8.04. The summed E-state index contributed by atoms with van der Waals surface area (Å²) in [5, 5.41) is 3.18. The summed E-state index contributed by atoms with van der Waals surface area (Å²) in [7, 11) is 0. The maximum atomic E-state index is 13.6. The summed E-state index contributed by atoms with van der Waals surface area (Å²) in [5.41, 5.74) is 5.56. The van der Waals surface area contributed by atoms with E-state index in [4.69, 9.17) is 9.47 Å². The second kappa shape index (κ2) is 7.57. The van der Waals surface area contributed by atoms with Gasteiger partial charge in [-0.2, -0.15) is 0 Å². The molecule has 0 fully saturated rings. The number of fused-ring (bicyclic) bond motifs is 1. The maximum absolute atomic E-state index is 13.6. The molecule has 0 unspecified atom stereocenters. The van der Waals surface area contributed by atoms with Crippen LogP contribution in [-0.4, -0.2) is 18.6 Å². The van der Waals surface area contributed by atoms with E-state index < -0.39 is 5.91 Å². The van der Waals surface area contributed by atoms with Crippen LogP contribution in [0.5, 0.6) is 11.5 Å². The van der Waals surface area contributed by atoms with Crippen LogP contribution in [0.25, 0.3) is 5.57 Å². The molecule has 2 aliphatic rings. The van der Waals surface area contributed by atoms with Crippen molar-refractivity contribution in [3.63, 3.8) is 0 Å². The van der Waals surface area contributed by atoms with E-state index in [-0.39, 0.29) is 18.4 Å². The number of rotatable bonds is 4. The number of nitrogens with zero attached hydrogens (tertiary/aromatic N) is 1. The highest BCUT2D eigenvalue weighted by Gasteiger charge is 2.40. The van der Waals surface area contributed by atoms with Gasteiger partial charge in [-0.1, -0.05) is 41.5 Å². The summed E-state index contributed by atoms with van der Waals surface area (Å²) >= 11 is 0. The van der Waals surface area contributed by atoms with Crippen LogP contribution in [0.3, 0.4) is 0 Å². The highest BCUT2D eigenvalue weighted by atomic mass is 16.7. The van der Waals surface area contributed by atoms with Crippen LogP contribution < -0.4 is 19.7 Å². The predicted octanol–water partition coefficient (Wildman–Crippen LogP) is 4.74. The van der Waals surface area contributed by atoms with Crippen molar-refractivity contribution in [2.45, 2.75) is 20.8 Å². The van der Waals surface area contributed by atoms with E-state index in [0.29, 0.717) is 28.4 Å². The van der Waals surface area contributed by atoms with Crippen LogP contribution in [0.4, 0.5) is 11.4 Å². The Morgan fingerprint density at radius 3 is 2.25 bits per heavy atom. The molecule has 0 bridgehead atoms. The third-order valence-corrected chi connectivity index (χ3v) is 5.67. The fourth-order valence-corrected chi connectivity index (χ4v) is 4.04. The summed E-state index contributed by atoms with van der Waals surface area (Å²) in [6.45, 7) is 6.06. The number of carbonyl (C=O) groups is 2. The lowest BCUT2D eigenvalue weighted by Gasteiger charge is -2.16. The Balaban J connectivity index is 1.62. The fraction of sp³-hybridized carbons (Fsp3) is 0.154. The number of nitrogens with one attached hydrogen (secondary N) is 1. The van der Waals surface area contributed by atoms with Gasteiger partial charge in [0.2, 0.25) is 6.79 Å². The van der Waals surface area contributed by atoms with Crippen molar-refractivity contribution >= 4 is 28.8 Å². The highest BCUT2D eigenvalue weighted by Crippen LogP contribution is 2.38. The van der Waals surface area contributed by atoms with Gasteiger partial charge in [-0.05, 0) is 56.2 Å². The number of benzene rings is 3. The first-order valence-corrected chi connectivity index (χ1v) is 10.4. The zero-order valence-electron chi connectivity index (χ0n) is 18.1. The van der Waals surface area contributed by atoms with Gasteiger partial charge in [-0.25, -0.2) is 4.90 Å². The molecule has 2 amide bonds. The molecular formula is C26H22N2O4. The molecular weight excluding hydrogens is 404 g/mol. The Kier molecular flexibility index (Phi) is 4.70. The molecule has 0 aromatic heterocycles. The van der Waals surface area contributed by atoms with Gasteiger partial charge in [-0.3, -0.25) is 9.59 Å². The number of amides is 2. The Hall–Kier alpha value is -4.06. The molecule has 3 aromatic rings. The number of aryl methyl sites for hydroxylation is 3. The Bertz CT molecular complexity index is 1290. The number of ether oxygens (including phenoxy) is 2. The van der Waals surface area contributed by atoms with Crippen LogP contribution in [0.1, 0.15) is 22.3 Å². The van der Waals surface area contributed by atoms with E-state index in [1.165, 1.54) is 4.90 Å². The lowest BCUT2D eigenvalue weighted by molar-refractivity contribution is -0.120. The quantitative estimate of drug-likeness (QED) is 0.611. The molecule has 2 heterocycles. The van der Waals surface area contributed by atoms with E-state index in [9.17, 15) is 9.59 Å². The molecule has 1 N–H and O–H groups in total. The van der Waals surface area contributed by atoms with Crippen molar-refractivity contribution in [3.05, 3.63) is 88.6 Å². The molecule has 0 saturated heterocycles. The molecule has 160 valence electrons. The molecule has 32 heavy (non-hydrogen) atoms. The van der Waals surface area contributed by atoms with Crippen molar-refractivity contribution in [2.24, 2.45) is 0 Å². The molecule has 6 heteroatoms. The monoisotopic (exact) mass is 426 g/mol. The van der Waals surface area contributed by atoms with Crippen molar-refractivity contribution in [1.82, 2.24) is 0 Å². The van der Waals surface area contributed by atoms with Gasteiger partial charge in [0.1, 0.15) is 5.70 Å². The first-order valence-electron chi connectivity index (χ1n) is 10.4. The van der Waals surface area contributed by atoms with Crippen molar-refractivity contribution in [1.29, 1.82) is 0 Å². The van der Waals surface area contributed by atoms with E-state index in [0.717, 1.165) is 22.3 Å². The SMILES string of the molecule is Cc1ccc(N2C(=O)C(Nc3ccc4c(c3)OCO4)=C(c3ccc(C)cc3C)C2=O)cc1. The Labute approximate surface area is 186 Å². The lowest BCUT2D eigenvalue weighted by Crippen LogP contribution is -2.32. The van der Waals surface area contributed by atoms with Crippen molar-refractivity contribution in [3.8, 4) is 11.5 Å². The Morgan fingerprint density at radius 2 is 1.50 bits per heavy atom. The maximum Gasteiger partial charge on any atom is 0.282 e. The minimum absolute atomic E-state index is 0.161. The molecule has 0 saturated carbocycles. The molecule has 5 rings (SSSR count). The van der Waals surface area contributed by atoms with E-state index in [2.05, 4.69) is 5.32 Å². The second-order valence-corrected chi connectivity index (χ2v) is 8.04. The van der Waals surface area contributed by atoms with Crippen molar-refractivity contribution < 1.29 is 19.1 Å². The summed E-state index contributed by atoms with van der Waals surface area (Å²) in [5.74, 6) is 0.491. The van der Waals surface area contributed by atoms with Crippen LogP contribution >= 0.6 is 0 Å². The average Bonchev–Trinajstić information content (AvgIpc) is 3.32. The summed E-state index contributed by atoms with van der Waals surface area (Å²) < 4.78 is 10.8. The first-order chi connectivity index (χ1) is 15.4. The first kappa shape index (κ1) is 19.9. The zero-order valence-corrected chi connectivity index (χ0v) is 18.1. The van der Waals surface area contributed by atoms with Gasteiger partial charge in [0.25, 0.3) is 11.8 Å². The van der Waals surface area contributed by atoms with E-state index >= 15 is 0 Å². The normalized spacial score (nSPS) is 15.0. The number of carbonyl (C=O) groups excluding carboxylic acids is 2. The molecule has 0 radical (unpaired) electrons. The van der Waals surface area contributed by atoms with Gasteiger partial charge in [0.15, 0.2) is 11.5 Å². The van der Waals surface area contributed by atoms with Gasteiger partial charge in [0, 0.05) is 11.8 Å². The third kappa shape index (κ3) is 3.30. The van der Waals surface area contributed by atoms with Gasteiger partial charge < -0.3 is 14.8 Å². The molecule has 3 aromatic carbocycles. The molecule has 0 atom stereocenters. The number of hydrogen-bond acceptors (Lipinski definition) is 5. The predicted molar refractivity (Wildman–Crippen MR) is 123 cm³/mol. The molecule has 0 aliphatic carbocycles. The molecule has 6 nitrogen and oxygen atoms in total. The Morgan fingerprint density at radius 1 is 0.781 bits per heavy atom. The van der Waals surface area contributed by atoms with E-state index in [1.54, 1.807) is 30.3 Å². The summed E-state index contributed by atoms with van der Waals surface area (Å²) in [4.78, 5) is 28.3.